The largest absolute Gasteiger partial charge is 0.493 e. The number of rotatable bonds is 13. The van der Waals surface area contributed by atoms with E-state index in [0.717, 1.165) is 39.1 Å². The van der Waals surface area contributed by atoms with E-state index in [0.29, 0.717) is 46.0 Å². The second-order valence-corrected chi connectivity index (χ2v) is 11.5. The molecule has 1 amide bonds. The molecule has 3 N–H and O–H groups in total. The number of anilines is 1. The fourth-order valence-electron chi connectivity index (χ4n) is 5.78. The van der Waals surface area contributed by atoms with Crippen LogP contribution in [-0.4, -0.2) is 79.0 Å². The van der Waals surface area contributed by atoms with E-state index in [1.54, 1.807) is 51.4 Å². The SMILES string of the molecule is CCOc1cc(NC(=O)c2ccn[nH]2)c(C)c(-c2ccc(Oc3ccnc4cc(OCCCN5CCNCC5)c(OC)cc34)c(F)c2)c1F. The molecule has 0 spiro atoms. The van der Waals surface area contributed by atoms with Crippen molar-refractivity contribution in [3.05, 3.63) is 83.8 Å². The van der Waals surface area contributed by atoms with Crippen LogP contribution in [0, 0.1) is 18.6 Å². The van der Waals surface area contributed by atoms with Gasteiger partial charge in [0.2, 0.25) is 0 Å². The lowest BCUT2D eigenvalue weighted by atomic mass is 9.97. The van der Waals surface area contributed by atoms with Crippen LogP contribution in [0.5, 0.6) is 28.7 Å². The fraction of sp³-hybridized carbons (Fsp3) is 0.306. The molecule has 0 bridgehead atoms. The molecule has 5 aromatic rings. The van der Waals surface area contributed by atoms with Crippen LogP contribution in [0.4, 0.5) is 14.5 Å². The number of hydrogen-bond donors (Lipinski definition) is 3. The molecule has 0 aliphatic carbocycles. The molecular formula is C36H38F2N6O5. The maximum Gasteiger partial charge on any atom is 0.273 e. The average Bonchev–Trinajstić information content (AvgIpc) is 3.66. The summed E-state index contributed by atoms with van der Waals surface area (Å²) >= 11 is 0. The Hall–Kier alpha value is -5.27. The molecule has 3 heterocycles. The van der Waals surface area contributed by atoms with Gasteiger partial charge in [-0.1, -0.05) is 6.07 Å². The first-order valence-electron chi connectivity index (χ1n) is 16.1. The fourth-order valence-corrected chi connectivity index (χ4v) is 5.78. The van der Waals surface area contributed by atoms with Gasteiger partial charge in [0.25, 0.3) is 5.91 Å². The highest BCUT2D eigenvalue weighted by Crippen LogP contribution is 2.41. The van der Waals surface area contributed by atoms with Crippen molar-refractivity contribution in [2.24, 2.45) is 0 Å². The second kappa shape index (κ2) is 15.3. The Morgan fingerprint density at radius 3 is 2.53 bits per heavy atom. The lowest BCUT2D eigenvalue weighted by molar-refractivity contribution is 0.102. The number of pyridine rings is 1. The number of hydrogen-bond acceptors (Lipinski definition) is 9. The smallest absolute Gasteiger partial charge is 0.273 e. The van der Waals surface area contributed by atoms with Gasteiger partial charge in [0.1, 0.15) is 11.4 Å². The summed E-state index contributed by atoms with van der Waals surface area (Å²) in [5, 5.41) is 13.1. The molecule has 0 radical (unpaired) electrons. The molecule has 6 rings (SSSR count). The van der Waals surface area contributed by atoms with Crippen molar-refractivity contribution in [3.8, 4) is 39.9 Å². The number of H-pyrrole nitrogens is 1. The van der Waals surface area contributed by atoms with Crippen LogP contribution >= 0.6 is 0 Å². The number of aromatic nitrogens is 3. The molecule has 1 aliphatic rings. The van der Waals surface area contributed by atoms with Crippen LogP contribution in [0.15, 0.2) is 60.9 Å². The van der Waals surface area contributed by atoms with Crippen molar-refractivity contribution in [1.29, 1.82) is 0 Å². The van der Waals surface area contributed by atoms with Crippen molar-refractivity contribution in [3.63, 3.8) is 0 Å². The lowest BCUT2D eigenvalue weighted by Gasteiger charge is -2.27. The number of methoxy groups -OCH3 is 1. The lowest BCUT2D eigenvalue weighted by Crippen LogP contribution is -2.43. The van der Waals surface area contributed by atoms with Crippen LogP contribution < -0.4 is 29.6 Å². The van der Waals surface area contributed by atoms with E-state index >= 15 is 8.78 Å². The van der Waals surface area contributed by atoms with Crippen molar-refractivity contribution < 1.29 is 32.5 Å². The Labute approximate surface area is 282 Å². The van der Waals surface area contributed by atoms with Gasteiger partial charge >= 0.3 is 0 Å². The summed E-state index contributed by atoms with van der Waals surface area (Å²) in [7, 11) is 1.56. The van der Waals surface area contributed by atoms with E-state index in [4.69, 9.17) is 18.9 Å². The molecule has 11 nitrogen and oxygen atoms in total. The van der Waals surface area contributed by atoms with Crippen molar-refractivity contribution in [2.75, 3.05) is 58.4 Å². The number of halogens is 2. The number of aromatic amines is 1. The summed E-state index contributed by atoms with van der Waals surface area (Å²) in [5.74, 6) is -0.616. The second-order valence-electron chi connectivity index (χ2n) is 11.5. The molecule has 13 heteroatoms. The number of carbonyl (C=O) groups is 1. The number of ether oxygens (including phenoxy) is 4. The van der Waals surface area contributed by atoms with Gasteiger partial charge in [0.15, 0.2) is 34.6 Å². The van der Waals surface area contributed by atoms with Gasteiger partial charge in [-0.25, -0.2) is 8.78 Å². The van der Waals surface area contributed by atoms with Crippen molar-refractivity contribution in [2.45, 2.75) is 20.3 Å². The van der Waals surface area contributed by atoms with Crippen LogP contribution in [-0.2, 0) is 0 Å². The molecule has 1 saturated heterocycles. The van der Waals surface area contributed by atoms with E-state index in [1.807, 2.05) is 0 Å². The Balaban J connectivity index is 1.24. The Morgan fingerprint density at radius 1 is 0.959 bits per heavy atom. The summed E-state index contributed by atoms with van der Waals surface area (Å²) in [4.78, 5) is 19.6. The topological polar surface area (TPSA) is 123 Å². The minimum Gasteiger partial charge on any atom is -0.493 e. The first-order chi connectivity index (χ1) is 23.9. The highest BCUT2D eigenvalue weighted by atomic mass is 19.1. The number of fused-ring (bicyclic) bond motifs is 1. The summed E-state index contributed by atoms with van der Waals surface area (Å²) in [6.07, 6.45) is 3.89. The Bertz CT molecular complexity index is 1930. The Morgan fingerprint density at radius 2 is 1.80 bits per heavy atom. The highest BCUT2D eigenvalue weighted by Gasteiger charge is 2.22. The highest BCUT2D eigenvalue weighted by molar-refractivity contribution is 6.04. The Kier molecular flexibility index (Phi) is 10.5. The van der Waals surface area contributed by atoms with Crippen molar-refractivity contribution >= 4 is 22.5 Å². The molecule has 3 aromatic carbocycles. The maximum absolute atomic E-state index is 15.8. The number of amides is 1. The normalized spacial score (nSPS) is 13.3. The first kappa shape index (κ1) is 33.6. The summed E-state index contributed by atoms with van der Waals surface area (Å²) in [5.41, 5.74) is 1.82. The quantitative estimate of drug-likeness (QED) is 0.123. The number of carbonyl (C=O) groups excluding carboxylic acids is 1. The maximum atomic E-state index is 15.8. The number of piperazine rings is 1. The number of nitrogens with zero attached hydrogens (tertiary/aromatic N) is 3. The summed E-state index contributed by atoms with van der Waals surface area (Å²) < 4.78 is 54.8. The van der Waals surface area contributed by atoms with E-state index in [2.05, 4.69) is 30.7 Å². The number of benzene rings is 3. The van der Waals surface area contributed by atoms with Crippen LogP contribution in [0.1, 0.15) is 29.4 Å². The minimum absolute atomic E-state index is 0.0738. The average molecular weight is 673 g/mol. The third kappa shape index (κ3) is 7.58. The van der Waals surface area contributed by atoms with Gasteiger partial charge in [-0.05, 0) is 61.7 Å². The van der Waals surface area contributed by atoms with E-state index in [-0.39, 0.29) is 34.9 Å². The summed E-state index contributed by atoms with van der Waals surface area (Å²) in [6.45, 7) is 9.07. The molecule has 49 heavy (non-hydrogen) atoms. The van der Waals surface area contributed by atoms with Gasteiger partial charge in [-0.2, -0.15) is 5.10 Å². The molecule has 256 valence electrons. The molecular weight excluding hydrogens is 634 g/mol. The van der Waals surface area contributed by atoms with E-state index < -0.39 is 17.5 Å². The molecule has 2 aromatic heterocycles. The van der Waals surface area contributed by atoms with Crippen LogP contribution in [0.25, 0.3) is 22.0 Å². The van der Waals surface area contributed by atoms with E-state index in [1.165, 1.54) is 30.5 Å². The predicted molar refractivity (Wildman–Crippen MR) is 182 cm³/mol. The standard InChI is InChI=1S/C36H38F2N6O5/c1-4-47-33-20-27(42-36(45)26-8-11-41-43-26)22(2)34(35(33)38)23-6-7-30(25(37)18-23)49-29-9-10-40-28-21-32(31(46-3)19-24(28)29)48-17-5-14-44-15-12-39-13-16-44/h6-11,18-21,39H,4-5,12-17H2,1-3H3,(H,41,43)(H,42,45). The minimum atomic E-state index is -0.720. The molecule has 0 atom stereocenters. The van der Waals surface area contributed by atoms with Crippen LogP contribution in [0.2, 0.25) is 0 Å². The van der Waals surface area contributed by atoms with Gasteiger partial charge in [-0.3, -0.25) is 14.9 Å². The zero-order chi connectivity index (χ0) is 34.3. The molecule has 0 unspecified atom stereocenters. The zero-order valence-electron chi connectivity index (χ0n) is 27.6. The van der Waals surface area contributed by atoms with Gasteiger partial charge < -0.3 is 34.5 Å². The van der Waals surface area contributed by atoms with Crippen LogP contribution in [0.3, 0.4) is 0 Å². The monoisotopic (exact) mass is 672 g/mol. The third-order valence-electron chi connectivity index (χ3n) is 8.30. The predicted octanol–water partition coefficient (Wildman–Crippen LogP) is 6.34. The molecule has 1 aliphatic heterocycles. The zero-order valence-corrected chi connectivity index (χ0v) is 27.6. The van der Waals surface area contributed by atoms with E-state index in [9.17, 15) is 4.79 Å². The van der Waals surface area contributed by atoms with Crippen molar-refractivity contribution in [1.82, 2.24) is 25.4 Å². The number of nitrogens with one attached hydrogen (secondary N) is 3. The van der Waals surface area contributed by atoms with Gasteiger partial charge in [0, 0.05) is 73.9 Å². The van der Waals surface area contributed by atoms with Gasteiger partial charge in [-0.15, -0.1) is 0 Å². The molecule has 0 saturated carbocycles. The summed E-state index contributed by atoms with van der Waals surface area (Å²) in [6, 6.07) is 12.3. The first-order valence-corrected chi connectivity index (χ1v) is 16.1. The van der Waals surface area contributed by atoms with Gasteiger partial charge in [0.05, 0.1) is 25.8 Å². The third-order valence-corrected chi connectivity index (χ3v) is 8.30. The molecule has 1 fully saturated rings.